The molecular formula is C29H28N4O6S2. The number of hydrogen-bond donors (Lipinski definition) is 2. The molecule has 0 radical (unpaired) electrons. The van der Waals surface area contributed by atoms with Crippen molar-refractivity contribution in [2.24, 2.45) is 0 Å². The normalized spacial score (nSPS) is 10.9. The number of aromatic nitrogens is 2. The van der Waals surface area contributed by atoms with Crippen molar-refractivity contribution in [1.29, 1.82) is 0 Å². The summed E-state index contributed by atoms with van der Waals surface area (Å²) in [5.74, 6) is -2.46. The van der Waals surface area contributed by atoms with Gasteiger partial charge in [0, 0.05) is 24.9 Å². The number of benzene rings is 1. The van der Waals surface area contributed by atoms with Gasteiger partial charge in [0.1, 0.15) is 10.7 Å². The number of anilines is 1. The Bertz CT molecular complexity index is 1570. The van der Waals surface area contributed by atoms with E-state index in [-0.39, 0.29) is 22.0 Å². The molecule has 2 amide bonds. The van der Waals surface area contributed by atoms with Crippen LogP contribution in [-0.2, 0) is 25.6 Å². The molecule has 41 heavy (non-hydrogen) atoms. The zero-order valence-electron chi connectivity index (χ0n) is 22.6. The SMILES string of the molecule is CCOC(=O)c1c(NC(=O)COC(=O)C=Cc2cn(Cc3ccccc3)nc2-c2cccs2)sc(C(=O)NC)c1C. The third-order valence-corrected chi connectivity index (χ3v) is 7.87. The molecule has 2 N–H and O–H groups in total. The molecular weight excluding hydrogens is 564 g/mol. The van der Waals surface area contributed by atoms with Crippen LogP contribution in [0.15, 0.2) is 60.1 Å². The van der Waals surface area contributed by atoms with E-state index in [0.29, 0.717) is 12.1 Å². The van der Waals surface area contributed by atoms with Crippen LogP contribution in [0.2, 0.25) is 0 Å². The lowest BCUT2D eigenvalue weighted by molar-refractivity contribution is -0.142. The van der Waals surface area contributed by atoms with E-state index < -0.39 is 30.4 Å². The van der Waals surface area contributed by atoms with Gasteiger partial charge in [-0.2, -0.15) is 5.10 Å². The summed E-state index contributed by atoms with van der Waals surface area (Å²) < 4.78 is 12.0. The van der Waals surface area contributed by atoms with E-state index in [4.69, 9.17) is 14.6 Å². The lowest BCUT2D eigenvalue weighted by atomic mass is 10.1. The first kappa shape index (κ1) is 29.4. The molecule has 4 rings (SSSR count). The van der Waals surface area contributed by atoms with E-state index in [0.717, 1.165) is 33.0 Å². The van der Waals surface area contributed by atoms with Gasteiger partial charge in [-0.05, 0) is 42.5 Å². The second kappa shape index (κ2) is 13.7. The number of hydrogen-bond acceptors (Lipinski definition) is 9. The Kier molecular flexibility index (Phi) is 9.82. The van der Waals surface area contributed by atoms with Gasteiger partial charge in [-0.15, -0.1) is 22.7 Å². The molecule has 0 spiro atoms. The minimum absolute atomic E-state index is 0.0867. The highest BCUT2D eigenvalue weighted by Crippen LogP contribution is 2.34. The van der Waals surface area contributed by atoms with Crippen LogP contribution in [0.5, 0.6) is 0 Å². The van der Waals surface area contributed by atoms with E-state index in [2.05, 4.69) is 10.6 Å². The van der Waals surface area contributed by atoms with E-state index >= 15 is 0 Å². The summed E-state index contributed by atoms with van der Waals surface area (Å²) in [4.78, 5) is 51.0. The number of nitrogens with one attached hydrogen (secondary N) is 2. The van der Waals surface area contributed by atoms with Gasteiger partial charge in [0.2, 0.25) is 0 Å². The fraction of sp³-hybridized carbons (Fsp3) is 0.207. The molecule has 0 saturated heterocycles. The minimum atomic E-state index is -0.730. The van der Waals surface area contributed by atoms with E-state index in [1.807, 2.05) is 54.0 Å². The number of esters is 2. The number of ether oxygens (including phenoxy) is 2. The van der Waals surface area contributed by atoms with Crippen molar-refractivity contribution in [3.8, 4) is 10.6 Å². The molecule has 212 valence electrons. The lowest BCUT2D eigenvalue weighted by Crippen LogP contribution is -2.21. The second-order valence-corrected chi connectivity index (χ2v) is 10.6. The Morgan fingerprint density at radius 1 is 1.07 bits per heavy atom. The monoisotopic (exact) mass is 592 g/mol. The van der Waals surface area contributed by atoms with Crippen LogP contribution >= 0.6 is 22.7 Å². The largest absolute Gasteiger partial charge is 0.462 e. The summed E-state index contributed by atoms with van der Waals surface area (Å²) in [5, 5.41) is 11.9. The fourth-order valence-electron chi connectivity index (χ4n) is 3.90. The van der Waals surface area contributed by atoms with Crippen molar-refractivity contribution in [2.45, 2.75) is 20.4 Å². The molecule has 0 unspecified atom stereocenters. The summed E-state index contributed by atoms with van der Waals surface area (Å²) in [7, 11) is 1.47. The van der Waals surface area contributed by atoms with E-state index in [9.17, 15) is 19.2 Å². The van der Waals surface area contributed by atoms with Crippen LogP contribution in [0.1, 0.15) is 43.6 Å². The summed E-state index contributed by atoms with van der Waals surface area (Å²) in [6, 6.07) is 13.8. The van der Waals surface area contributed by atoms with Crippen LogP contribution in [0.3, 0.4) is 0 Å². The first-order valence-electron chi connectivity index (χ1n) is 12.6. The quantitative estimate of drug-likeness (QED) is 0.190. The third kappa shape index (κ3) is 7.35. The van der Waals surface area contributed by atoms with Crippen molar-refractivity contribution >= 4 is 57.5 Å². The van der Waals surface area contributed by atoms with Crippen molar-refractivity contribution in [1.82, 2.24) is 15.1 Å². The van der Waals surface area contributed by atoms with Crippen molar-refractivity contribution < 1.29 is 28.7 Å². The van der Waals surface area contributed by atoms with Gasteiger partial charge < -0.3 is 20.1 Å². The van der Waals surface area contributed by atoms with Gasteiger partial charge in [0.25, 0.3) is 11.8 Å². The van der Waals surface area contributed by atoms with Gasteiger partial charge in [0.15, 0.2) is 6.61 Å². The maximum atomic E-state index is 12.6. The van der Waals surface area contributed by atoms with Gasteiger partial charge in [0.05, 0.1) is 28.5 Å². The molecule has 0 aliphatic heterocycles. The topological polar surface area (TPSA) is 129 Å². The Morgan fingerprint density at radius 2 is 1.85 bits per heavy atom. The summed E-state index contributed by atoms with van der Waals surface area (Å²) >= 11 is 2.47. The Morgan fingerprint density at radius 3 is 2.54 bits per heavy atom. The maximum absolute atomic E-state index is 12.6. The standard InChI is InChI=1S/C29H28N4O6S2/c1-4-38-29(37)24-18(2)26(27(36)30-3)41-28(24)31-22(34)17-39-23(35)13-12-20-16-33(15-19-9-6-5-7-10-19)32-25(20)21-11-8-14-40-21/h5-14,16H,4,15,17H2,1-3H3,(H,30,36)(H,31,34). The maximum Gasteiger partial charge on any atom is 0.341 e. The number of carbonyl (C=O) groups excluding carboxylic acids is 4. The Hall–Kier alpha value is -4.55. The molecule has 0 bridgehead atoms. The van der Waals surface area contributed by atoms with Crippen LogP contribution in [-0.4, -0.2) is 53.8 Å². The number of carbonyl (C=O) groups is 4. The fourth-order valence-corrected chi connectivity index (χ4v) is 5.79. The molecule has 0 saturated carbocycles. The molecule has 10 nitrogen and oxygen atoms in total. The zero-order valence-corrected chi connectivity index (χ0v) is 24.3. The predicted octanol–water partition coefficient (Wildman–Crippen LogP) is 4.76. The highest BCUT2D eigenvalue weighted by atomic mass is 32.1. The molecule has 3 heterocycles. The van der Waals surface area contributed by atoms with Crippen molar-refractivity contribution in [2.75, 3.05) is 25.6 Å². The summed E-state index contributed by atoms with van der Waals surface area (Å²) in [6.07, 6.45) is 4.68. The minimum Gasteiger partial charge on any atom is -0.462 e. The Balaban J connectivity index is 1.43. The average molecular weight is 593 g/mol. The van der Waals surface area contributed by atoms with Crippen LogP contribution in [0, 0.1) is 6.92 Å². The van der Waals surface area contributed by atoms with E-state index in [1.165, 1.54) is 24.5 Å². The third-order valence-electron chi connectivity index (χ3n) is 5.79. The Labute approximate surface area is 244 Å². The first-order valence-corrected chi connectivity index (χ1v) is 14.3. The number of rotatable bonds is 11. The average Bonchev–Trinajstić information content (AvgIpc) is 3.70. The van der Waals surface area contributed by atoms with Gasteiger partial charge in [-0.1, -0.05) is 36.4 Å². The molecule has 1 aromatic carbocycles. The number of thiophene rings is 2. The molecule has 0 fully saturated rings. The molecule has 3 aromatic heterocycles. The molecule has 4 aromatic rings. The predicted molar refractivity (Wildman–Crippen MR) is 158 cm³/mol. The molecule has 0 aliphatic rings. The summed E-state index contributed by atoms with van der Waals surface area (Å²) in [6.45, 7) is 3.35. The lowest BCUT2D eigenvalue weighted by Gasteiger charge is -2.07. The van der Waals surface area contributed by atoms with Crippen LogP contribution in [0.4, 0.5) is 5.00 Å². The second-order valence-electron chi connectivity index (χ2n) is 8.64. The number of nitrogens with zero attached hydrogens (tertiary/aromatic N) is 2. The van der Waals surface area contributed by atoms with Crippen molar-refractivity contribution in [3.05, 3.63) is 87.2 Å². The zero-order chi connectivity index (χ0) is 29.4. The first-order chi connectivity index (χ1) is 19.8. The number of amides is 2. The molecule has 0 atom stereocenters. The van der Waals surface area contributed by atoms with Gasteiger partial charge in [-0.3, -0.25) is 14.3 Å². The highest BCUT2D eigenvalue weighted by molar-refractivity contribution is 7.18. The van der Waals surface area contributed by atoms with Gasteiger partial charge in [-0.25, -0.2) is 9.59 Å². The summed E-state index contributed by atoms with van der Waals surface area (Å²) in [5.41, 5.74) is 3.01. The van der Waals surface area contributed by atoms with Gasteiger partial charge >= 0.3 is 11.9 Å². The van der Waals surface area contributed by atoms with Crippen LogP contribution in [0.25, 0.3) is 16.6 Å². The van der Waals surface area contributed by atoms with Crippen molar-refractivity contribution in [3.63, 3.8) is 0 Å². The smallest absolute Gasteiger partial charge is 0.341 e. The highest BCUT2D eigenvalue weighted by Gasteiger charge is 2.26. The molecule has 12 heteroatoms. The van der Waals surface area contributed by atoms with Crippen LogP contribution < -0.4 is 10.6 Å². The molecule has 0 aliphatic carbocycles. The van der Waals surface area contributed by atoms with E-state index in [1.54, 1.807) is 24.6 Å².